The Hall–Kier alpha value is -3.68. The van der Waals surface area contributed by atoms with Gasteiger partial charge in [0.15, 0.2) is 6.61 Å². The van der Waals surface area contributed by atoms with E-state index in [-0.39, 0.29) is 18.9 Å². The minimum Gasteiger partial charge on any atom is -0.455 e. The van der Waals surface area contributed by atoms with Crippen molar-refractivity contribution in [1.82, 2.24) is 10.9 Å². The lowest BCUT2D eigenvalue weighted by molar-refractivity contribution is -0.152. The molecule has 0 bridgehead atoms. The molecule has 0 unspecified atom stereocenters. The second-order valence-electron chi connectivity index (χ2n) is 7.51. The van der Waals surface area contributed by atoms with Gasteiger partial charge in [-0.1, -0.05) is 50.2 Å². The molecule has 8 nitrogen and oxygen atoms in total. The van der Waals surface area contributed by atoms with Crippen LogP contribution in [0.2, 0.25) is 0 Å². The fraction of sp³-hybridized carbons (Fsp3) is 0.333. The Morgan fingerprint density at radius 3 is 2.25 bits per heavy atom. The summed E-state index contributed by atoms with van der Waals surface area (Å²) in [5.74, 6) is -2.56. The smallest absolute Gasteiger partial charge is 0.311 e. The van der Waals surface area contributed by atoms with E-state index in [2.05, 4.69) is 10.9 Å². The summed E-state index contributed by atoms with van der Waals surface area (Å²) < 4.78 is 5.09. The summed E-state index contributed by atoms with van der Waals surface area (Å²) in [6.45, 7) is 3.72. The van der Waals surface area contributed by atoms with Gasteiger partial charge in [0.2, 0.25) is 5.91 Å². The largest absolute Gasteiger partial charge is 0.455 e. The van der Waals surface area contributed by atoms with Crippen LogP contribution in [0.4, 0.5) is 5.69 Å². The van der Waals surface area contributed by atoms with Crippen LogP contribution in [-0.2, 0) is 32.0 Å². The number of nitrogens with zero attached hydrogens (tertiary/aromatic N) is 1. The van der Waals surface area contributed by atoms with Gasteiger partial charge in [-0.3, -0.25) is 30.0 Å². The van der Waals surface area contributed by atoms with Gasteiger partial charge in [-0.15, -0.1) is 0 Å². The number of anilines is 1. The van der Waals surface area contributed by atoms with Crippen molar-refractivity contribution >= 4 is 29.4 Å². The second kappa shape index (κ2) is 10.6. The number of aryl methyl sites for hydroxylation is 2. The summed E-state index contributed by atoms with van der Waals surface area (Å²) in [5, 5.41) is 0. The third-order valence-corrected chi connectivity index (χ3v) is 5.39. The maximum atomic E-state index is 12.7. The van der Waals surface area contributed by atoms with Gasteiger partial charge in [-0.25, -0.2) is 0 Å². The molecule has 1 atom stereocenters. The van der Waals surface area contributed by atoms with Crippen molar-refractivity contribution in [3.8, 4) is 0 Å². The van der Waals surface area contributed by atoms with E-state index in [1.165, 1.54) is 0 Å². The average Bonchev–Trinajstić information content (AvgIpc) is 3.21. The molecule has 0 saturated carbocycles. The highest BCUT2D eigenvalue weighted by molar-refractivity contribution is 6.01. The second-order valence-corrected chi connectivity index (χ2v) is 7.51. The van der Waals surface area contributed by atoms with Crippen LogP contribution in [0.3, 0.4) is 0 Å². The Balaban J connectivity index is 1.53. The Bertz CT molecular complexity index is 984. The van der Waals surface area contributed by atoms with Gasteiger partial charge in [0.1, 0.15) is 0 Å². The standard InChI is InChI=1S/C24H27N3O5/c1-3-16-11-8-12-17(4-2)22(16)27-14-19(13-21(27)29)24(31)32-15-20(28)25-26-23(30)18-9-6-5-7-10-18/h5-12,19H,3-4,13-15H2,1-2H3,(H,25,28)(H,26,30)/t19-/m0/s1. The van der Waals surface area contributed by atoms with E-state index in [1.54, 1.807) is 35.2 Å². The number of carbonyl (C=O) groups is 4. The van der Waals surface area contributed by atoms with Crippen LogP contribution in [-0.4, -0.2) is 36.8 Å². The lowest BCUT2D eigenvalue weighted by Gasteiger charge is -2.23. The van der Waals surface area contributed by atoms with Crippen LogP contribution >= 0.6 is 0 Å². The third kappa shape index (κ3) is 5.32. The maximum absolute atomic E-state index is 12.7. The van der Waals surface area contributed by atoms with Crippen molar-refractivity contribution in [2.24, 2.45) is 5.92 Å². The number of esters is 1. The van der Waals surface area contributed by atoms with E-state index < -0.39 is 30.3 Å². The number of para-hydroxylation sites is 1. The lowest BCUT2D eigenvalue weighted by atomic mass is 10.0. The summed E-state index contributed by atoms with van der Waals surface area (Å²) in [4.78, 5) is 50.7. The third-order valence-electron chi connectivity index (χ3n) is 5.39. The van der Waals surface area contributed by atoms with Crippen molar-refractivity contribution in [3.05, 3.63) is 65.2 Å². The van der Waals surface area contributed by atoms with Gasteiger partial charge in [-0.05, 0) is 36.1 Å². The van der Waals surface area contributed by atoms with E-state index in [9.17, 15) is 19.2 Å². The molecule has 0 aromatic heterocycles. The quantitative estimate of drug-likeness (QED) is 0.510. The predicted molar refractivity (Wildman–Crippen MR) is 119 cm³/mol. The Kier molecular flexibility index (Phi) is 7.59. The predicted octanol–water partition coefficient (Wildman–Crippen LogP) is 2.17. The van der Waals surface area contributed by atoms with Crippen molar-refractivity contribution < 1.29 is 23.9 Å². The van der Waals surface area contributed by atoms with Gasteiger partial charge < -0.3 is 9.64 Å². The summed E-state index contributed by atoms with van der Waals surface area (Å²) >= 11 is 0. The maximum Gasteiger partial charge on any atom is 0.311 e. The molecule has 2 N–H and O–H groups in total. The normalized spacial score (nSPS) is 15.4. The molecule has 3 rings (SSSR count). The summed E-state index contributed by atoms with van der Waals surface area (Å²) in [7, 11) is 0. The molecule has 8 heteroatoms. The molecular formula is C24H27N3O5. The SMILES string of the molecule is CCc1cccc(CC)c1N1C[C@@H](C(=O)OCC(=O)NNC(=O)c2ccccc2)CC1=O. The molecule has 0 radical (unpaired) electrons. The molecule has 1 saturated heterocycles. The first-order chi connectivity index (χ1) is 15.4. The van der Waals surface area contributed by atoms with E-state index in [1.807, 2.05) is 32.0 Å². The van der Waals surface area contributed by atoms with E-state index in [0.29, 0.717) is 5.56 Å². The van der Waals surface area contributed by atoms with Gasteiger partial charge >= 0.3 is 5.97 Å². The van der Waals surface area contributed by atoms with Crippen molar-refractivity contribution in [3.63, 3.8) is 0 Å². The lowest BCUT2D eigenvalue weighted by Crippen LogP contribution is -2.43. The summed E-state index contributed by atoms with van der Waals surface area (Å²) in [5.41, 5.74) is 7.84. The molecule has 1 aliphatic rings. The number of rotatable bonds is 7. The molecule has 0 aliphatic carbocycles. The molecule has 2 aromatic rings. The van der Waals surface area contributed by atoms with Gasteiger partial charge in [-0.2, -0.15) is 0 Å². The fourth-order valence-corrected chi connectivity index (χ4v) is 3.72. The number of nitrogens with one attached hydrogen (secondary N) is 2. The average molecular weight is 437 g/mol. The molecular weight excluding hydrogens is 410 g/mol. The van der Waals surface area contributed by atoms with Gasteiger partial charge in [0.25, 0.3) is 11.8 Å². The van der Waals surface area contributed by atoms with Crippen molar-refractivity contribution in [2.45, 2.75) is 33.1 Å². The van der Waals surface area contributed by atoms with Gasteiger partial charge in [0, 0.05) is 24.2 Å². The number of hydrazine groups is 1. The van der Waals surface area contributed by atoms with Crippen LogP contribution in [0.5, 0.6) is 0 Å². The molecule has 2 aromatic carbocycles. The number of carbonyl (C=O) groups excluding carboxylic acids is 4. The zero-order valence-electron chi connectivity index (χ0n) is 18.2. The van der Waals surface area contributed by atoms with Crippen LogP contribution < -0.4 is 15.8 Å². The van der Waals surface area contributed by atoms with E-state index in [0.717, 1.165) is 29.7 Å². The molecule has 3 amide bonds. The molecule has 1 fully saturated rings. The summed E-state index contributed by atoms with van der Waals surface area (Å²) in [6, 6.07) is 14.3. The first-order valence-corrected chi connectivity index (χ1v) is 10.7. The highest BCUT2D eigenvalue weighted by Crippen LogP contribution is 2.32. The topological polar surface area (TPSA) is 105 Å². The molecule has 0 spiro atoms. The number of ether oxygens (including phenoxy) is 1. The molecule has 1 heterocycles. The Morgan fingerprint density at radius 1 is 0.969 bits per heavy atom. The number of benzene rings is 2. The minimum atomic E-state index is -0.673. The van der Waals surface area contributed by atoms with Crippen LogP contribution in [0, 0.1) is 5.92 Å². The molecule has 1 aliphatic heterocycles. The first-order valence-electron chi connectivity index (χ1n) is 10.7. The van der Waals surface area contributed by atoms with Crippen LogP contribution in [0.15, 0.2) is 48.5 Å². The van der Waals surface area contributed by atoms with Crippen molar-refractivity contribution in [2.75, 3.05) is 18.1 Å². The first kappa shape index (κ1) is 23.0. The zero-order chi connectivity index (χ0) is 23.1. The fourth-order valence-electron chi connectivity index (χ4n) is 3.72. The summed E-state index contributed by atoms with van der Waals surface area (Å²) in [6.07, 6.45) is 1.58. The Morgan fingerprint density at radius 2 is 1.62 bits per heavy atom. The van der Waals surface area contributed by atoms with Crippen LogP contribution in [0.1, 0.15) is 41.8 Å². The monoisotopic (exact) mass is 437 g/mol. The van der Waals surface area contributed by atoms with Crippen LogP contribution in [0.25, 0.3) is 0 Å². The van der Waals surface area contributed by atoms with Crippen molar-refractivity contribution in [1.29, 1.82) is 0 Å². The zero-order valence-corrected chi connectivity index (χ0v) is 18.2. The number of hydrogen-bond donors (Lipinski definition) is 2. The molecule has 168 valence electrons. The highest BCUT2D eigenvalue weighted by atomic mass is 16.5. The number of amides is 3. The van der Waals surface area contributed by atoms with E-state index in [4.69, 9.17) is 4.74 Å². The highest BCUT2D eigenvalue weighted by Gasteiger charge is 2.37. The minimum absolute atomic E-state index is 0.0341. The molecule has 32 heavy (non-hydrogen) atoms. The van der Waals surface area contributed by atoms with Gasteiger partial charge in [0.05, 0.1) is 5.92 Å². The Labute approximate surface area is 186 Å². The van der Waals surface area contributed by atoms with E-state index >= 15 is 0 Å². The number of hydrogen-bond acceptors (Lipinski definition) is 5.